The molecule has 2 aromatic rings. The van der Waals surface area contributed by atoms with E-state index in [2.05, 4.69) is 37.3 Å². The van der Waals surface area contributed by atoms with Crippen LogP contribution in [0.15, 0.2) is 30.3 Å². The molecule has 0 spiro atoms. The topological polar surface area (TPSA) is 38.9 Å². The van der Waals surface area contributed by atoms with Crippen LogP contribution in [0.5, 0.6) is 0 Å². The Morgan fingerprint density at radius 1 is 1.29 bits per heavy atom. The second-order valence-electron chi connectivity index (χ2n) is 4.68. The maximum atomic E-state index is 5.74. The third-order valence-corrected chi connectivity index (χ3v) is 4.95. The van der Waals surface area contributed by atoms with E-state index in [0.717, 1.165) is 5.69 Å². The van der Waals surface area contributed by atoms with Crippen molar-refractivity contribution in [3.05, 3.63) is 51.5 Å². The lowest BCUT2D eigenvalue weighted by molar-refractivity contribution is 0.827. The van der Waals surface area contributed by atoms with Gasteiger partial charge in [0.1, 0.15) is 5.01 Å². The average molecular weight is 244 g/mol. The first-order chi connectivity index (χ1) is 8.26. The Balaban J connectivity index is 2.03. The van der Waals surface area contributed by atoms with E-state index in [0.29, 0.717) is 6.54 Å². The van der Waals surface area contributed by atoms with E-state index in [9.17, 15) is 0 Å². The molecule has 2 nitrogen and oxygen atoms in total. The summed E-state index contributed by atoms with van der Waals surface area (Å²) in [6.45, 7) is 2.66. The summed E-state index contributed by atoms with van der Waals surface area (Å²) in [5, 5.41) is 1.25. The highest BCUT2D eigenvalue weighted by Gasteiger charge is 2.48. The first-order valence-electron chi connectivity index (χ1n) is 5.99. The molecule has 0 atom stereocenters. The molecule has 0 bridgehead atoms. The van der Waals surface area contributed by atoms with Crippen LogP contribution in [-0.2, 0) is 12.0 Å². The first-order valence-corrected chi connectivity index (χ1v) is 6.80. The van der Waals surface area contributed by atoms with E-state index < -0.39 is 0 Å². The largest absolute Gasteiger partial charge is 0.326 e. The quantitative estimate of drug-likeness (QED) is 0.901. The van der Waals surface area contributed by atoms with Gasteiger partial charge in [0, 0.05) is 16.8 Å². The van der Waals surface area contributed by atoms with Gasteiger partial charge in [-0.1, -0.05) is 30.3 Å². The number of aromatic nitrogens is 1. The molecule has 0 aliphatic heterocycles. The van der Waals surface area contributed by atoms with Gasteiger partial charge in [-0.3, -0.25) is 0 Å². The van der Waals surface area contributed by atoms with Crippen LogP contribution >= 0.6 is 11.3 Å². The maximum Gasteiger partial charge on any atom is 0.104 e. The lowest BCUT2D eigenvalue weighted by Crippen LogP contribution is -2.07. The lowest BCUT2D eigenvalue weighted by atomic mass is 9.97. The zero-order valence-corrected chi connectivity index (χ0v) is 10.8. The molecule has 1 fully saturated rings. The van der Waals surface area contributed by atoms with E-state index in [1.54, 1.807) is 11.3 Å². The van der Waals surface area contributed by atoms with Crippen molar-refractivity contribution in [1.29, 1.82) is 0 Å². The van der Waals surface area contributed by atoms with Gasteiger partial charge < -0.3 is 5.73 Å². The van der Waals surface area contributed by atoms with Crippen LogP contribution < -0.4 is 5.73 Å². The van der Waals surface area contributed by atoms with Crippen molar-refractivity contribution < 1.29 is 0 Å². The second-order valence-corrected chi connectivity index (χ2v) is 5.76. The summed E-state index contributed by atoms with van der Waals surface area (Å²) in [6, 6.07) is 10.7. The summed E-state index contributed by atoms with van der Waals surface area (Å²) in [6.07, 6.45) is 2.43. The molecule has 1 aromatic heterocycles. The van der Waals surface area contributed by atoms with Gasteiger partial charge in [0.15, 0.2) is 0 Å². The third kappa shape index (κ3) is 1.70. The Labute approximate surface area is 106 Å². The minimum Gasteiger partial charge on any atom is -0.326 e. The highest BCUT2D eigenvalue weighted by Crippen LogP contribution is 2.54. The van der Waals surface area contributed by atoms with Crippen LogP contribution in [0.25, 0.3) is 0 Å². The summed E-state index contributed by atoms with van der Waals surface area (Å²) >= 11 is 1.79. The zero-order valence-electron chi connectivity index (χ0n) is 9.94. The van der Waals surface area contributed by atoms with Crippen molar-refractivity contribution in [3.63, 3.8) is 0 Å². The SMILES string of the molecule is Cc1nc(C2(c3ccccc3)CC2)sc1CN. The van der Waals surface area contributed by atoms with Crippen LogP contribution in [-0.4, -0.2) is 4.98 Å². The monoisotopic (exact) mass is 244 g/mol. The fraction of sp³-hybridized carbons (Fsp3) is 0.357. The fourth-order valence-electron chi connectivity index (χ4n) is 2.33. The van der Waals surface area contributed by atoms with Crippen molar-refractivity contribution in [1.82, 2.24) is 4.98 Å². The number of rotatable bonds is 3. The van der Waals surface area contributed by atoms with Gasteiger partial charge in [-0.2, -0.15) is 0 Å². The maximum absolute atomic E-state index is 5.74. The summed E-state index contributed by atoms with van der Waals surface area (Å²) in [7, 11) is 0. The molecule has 1 aromatic carbocycles. The van der Waals surface area contributed by atoms with Crippen molar-refractivity contribution in [2.75, 3.05) is 0 Å². The predicted molar refractivity (Wildman–Crippen MR) is 71.2 cm³/mol. The summed E-state index contributed by atoms with van der Waals surface area (Å²) in [4.78, 5) is 5.95. The highest BCUT2D eigenvalue weighted by molar-refractivity contribution is 7.12. The first kappa shape index (κ1) is 10.9. The Morgan fingerprint density at radius 3 is 2.53 bits per heavy atom. The number of benzene rings is 1. The average Bonchev–Trinajstić information content (AvgIpc) is 3.09. The van der Waals surface area contributed by atoms with Gasteiger partial charge in [0.2, 0.25) is 0 Å². The molecule has 1 aliphatic rings. The minimum absolute atomic E-state index is 0.199. The third-order valence-electron chi connectivity index (χ3n) is 3.56. The molecule has 0 amide bonds. The molecule has 0 unspecified atom stereocenters. The Morgan fingerprint density at radius 2 is 2.00 bits per heavy atom. The van der Waals surface area contributed by atoms with Crippen molar-refractivity contribution in [2.24, 2.45) is 5.73 Å². The van der Waals surface area contributed by atoms with Crippen LogP contribution in [0, 0.1) is 6.92 Å². The Bertz CT molecular complexity index is 526. The number of hydrogen-bond donors (Lipinski definition) is 1. The number of thiazole rings is 1. The standard InChI is InChI=1S/C14H16N2S/c1-10-12(9-15)17-13(16-10)14(7-8-14)11-5-3-2-4-6-11/h2-6H,7-9,15H2,1H3. The van der Waals surface area contributed by atoms with Crippen molar-refractivity contribution in [2.45, 2.75) is 31.7 Å². The van der Waals surface area contributed by atoms with E-state index >= 15 is 0 Å². The number of nitrogens with zero attached hydrogens (tertiary/aromatic N) is 1. The molecule has 1 heterocycles. The number of nitrogens with two attached hydrogens (primary N) is 1. The van der Waals surface area contributed by atoms with Crippen molar-refractivity contribution >= 4 is 11.3 Å². The second kappa shape index (κ2) is 3.93. The van der Waals surface area contributed by atoms with Crippen molar-refractivity contribution in [3.8, 4) is 0 Å². The van der Waals surface area contributed by atoms with E-state index in [-0.39, 0.29) is 5.41 Å². The molecule has 88 valence electrons. The summed E-state index contributed by atoms with van der Waals surface area (Å²) in [5.74, 6) is 0. The molecule has 17 heavy (non-hydrogen) atoms. The van der Waals surface area contributed by atoms with Crippen LogP contribution in [0.3, 0.4) is 0 Å². The van der Waals surface area contributed by atoms with Crippen LogP contribution in [0.4, 0.5) is 0 Å². The van der Waals surface area contributed by atoms with Crippen LogP contribution in [0.1, 0.15) is 34.0 Å². The summed E-state index contributed by atoms with van der Waals surface area (Å²) < 4.78 is 0. The number of hydrogen-bond acceptors (Lipinski definition) is 3. The van der Waals surface area contributed by atoms with Gasteiger partial charge in [-0.05, 0) is 25.3 Å². The van der Waals surface area contributed by atoms with E-state index in [1.165, 1.54) is 28.3 Å². The fourth-order valence-corrected chi connectivity index (χ4v) is 3.54. The molecular formula is C14H16N2S. The Kier molecular flexibility index (Phi) is 2.53. The molecule has 3 rings (SSSR count). The smallest absolute Gasteiger partial charge is 0.104 e. The van der Waals surface area contributed by atoms with Gasteiger partial charge in [-0.15, -0.1) is 11.3 Å². The van der Waals surface area contributed by atoms with Gasteiger partial charge in [0.25, 0.3) is 0 Å². The molecule has 2 N–H and O–H groups in total. The highest BCUT2D eigenvalue weighted by atomic mass is 32.1. The molecule has 1 saturated carbocycles. The molecule has 0 saturated heterocycles. The van der Waals surface area contributed by atoms with Crippen LogP contribution in [0.2, 0.25) is 0 Å². The molecular weight excluding hydrogens is 228 g/mol. The lowest BCUT2D eigenvalue weighted by Gasteiger charge is -2.11. The van der Waals surface area contributed by atoms with Gasteiger partial charge >= 0.3 is 0 Å². The summed E-state index contributed by atoms with van der Waals surface area (Å²) in [5.41, 5.74) is 8.44. The van der Waals surface area contributed by atoms with E-state index in [1.807, 2.05) is 0 Å². The van der Waals surface area contributed by atoms with Gasteiger partial charge in [0.05, 0.1) is 5.69 Å². The van der Waals surface area contributed by atoms with E-state index in [4.69, 9.17) is 10.7 Å². The normalized spacial score (nSPS) is 17.1. The number of aryl methyl sites for hydroxylation is 1. The molecule has 0 radical (unpaired) electrons. The van der Waals surface area contributed by atoms with Gasteiger partial charge in [-0.25, -0.2) is 4.98 Å². The Hall–Kier alpha value is -1.19. The molecule has 3 heteroatoms. The zero-order chi connectivity index (χ0) is 11.9. The molecule has 1 aliphatic carbocycles. The predicted octanol–water partition coefficient (Wildman–Crippen LogP) is 2.99. The minimum atomic E-state index is 0.199.